The number of nitrogens with one attached hydrogen (secondary N) is 1. The van der Waals surface area contributed by atoms with Crippen LogP contribution in [0, 0.1) is 5.82 Å². The van der Waals surface area contributed by atoms with Crippen molar-refractivity contribution in [2.45, 2.75) is 39.2 Å². The molecule has 0 aromatic heterocycles. The number of esters is 1. The number of benzene rings is 1. The number of halogens is 1. The van der Waals surface area contributed by atoms with Crippen LogP contribution in [0.15, 0.2) is 18.2 Å². The fraction of sp³-hybridized carbons (Fsp3) is 0.500. The zero-order chi connectivity index (χ0) is 16.0. The predicted molar refractivity (Wildman–Crippen MR) is 79.8 cm³/mol. The summed E-state index contributed by atoms with van der Waals surface area (Å²) < 4.78 is 18.7. The maximum absolute atomic E-state index is 13.5. The Bertz CT molecular complexity index is 488. The maximum Gasteiger partial charge on any atom is 0.491 e. The first-order chi connectivity index (χ1) is 9.69. The van der Waals surface area contributed by atoms with Crippen LogP contribution in [0.1, 0.15) is 33.6 Å². The minimum absolute atomic E-state index is 0.172. The summed E-state index contributed by atoms with van der Waals surface area (Å²) in [5, 5.41) is 20.8. The first kappa shape index (κ1) is 17.5. The van der Waals surface area contributed by atoms with Gasteiger partial charge in [-0.3, -0.25) is 4.79 Å². The summed E-state index contributed by atoms with van der Waals surface area (Å²) in [5.74, 6) is -0.962. The Hall–Kier alpha value is -1.60. The number of ether oxygens (including phenoxy) is 1. The van der Waals surface area contributed by atoms with Gasteiger partial charge in [-0.2, -0.15) is 0 Å². The van der Waals surface area contributed by atoms with Gasteiger partial charge in [0.15, 0.2) is 0 Å². The van der Waals surface area contributed by atoms with Crippen molar-refractivity contribution < 1.29 is 24.0 Å². The number of hydrogen-bond donors (Lipinski definition) is 3. The number of carbonyl (C=O) groups is 1. The SMILES string of the molecule is CC(C)(C)OC(=O)CCCNc1ccc(B(O)O)c(F)c1. The van der Waals surface area contributed by atoms with Crippen LogP contribution < -0.4 is 10.8 Å². The normalized spacial score (nSPS) is 11.1. The van der Waals surface area contributed by atoms with Gasteiger partial charge in [0.05, 0.1) is 0 Å². The van der Waals surface area contributed by atoms with Gasteiger partial charge in [0.1, 0.15) is 11.4 Å². The Morgan fingerprint density at radius 1 is 1.38 bits per heavy atom. The lowest BCUT2D eigenvalue weighted by Gasteiger charge is -2.19. The predicted octanol–water partition coefficient (Wildman–Crippen LogP) is 1.04. The van der Waals surface area contributed by atoms with Crippen molar-refractivity contribution in [2.75, 3.05) is 11.9 Å². The zero-order valence-corrected chi connectivity index (χ0v) is 12.5. The molecule has 1 rings (SSSR count). The van der Waals surface area contributed by atoms with E-state index in [4.69, 9.17) is 14.8 Å². The van der Waals surface area contributed by atoms with Gasteiger partial charge in [-0.15, -0.1) is 0 Å². The highest BCUT2D eigenvalue weighted by Gasteiger charge is 2.17. The number of hydrogen-bond acceptors (Lipinski definition) is 5. The molecule has 0 bridgehead atoms. The van der Waals surface area contributed by atoms with Gasteiger partial charge in [-0.25, -0.2) is 4.39 Å². The molecule has 3 N–H and O–H groups in total. The Morgan fingerprint density at radius 2 is 2.05 bits per heavy atom. The van der Waals surface area contributed by atoms with Gasteiger partial charge >= 0.3 is 13.1 Å². The summed E-state index contributed by atoms with van der Waals surface area (Å²) in [6.45, 7) is 5.91. The molecular weight excluding hydrogens is 276 g/mol. The molecule has 5 nitrogen and oxygen atoms in total. The summed E-state index contributed by atoms with van der Waals surface area (Å²) in [6, 6.07) is 4.03. The molecule has 7 heteroatoms. The Morgan fingerprint density at radius 3 is 2.57 bits per heavy atom. The van der Waals surface area contributed by atoms with E-state index in [-0.39, 0.29) is 17.9 Å². The molecule has 0 aliphatic rings. The molecule has 0 fully saturated rings. The first-order valence-electron chi connectivity index (χ1n) is 6.80. The minimum Gasteiger partial charge on any atom is -0.460 e. The molecule has 0 unspecified atom stereocenters. The van der Waals surface area contributed by atoms with E-state index in [1.807, 2.05) is 20.8 Å². The second kappa shape index (κ2) is 7.42. The highest BCUT2D eigenvalue weighted by molar-refractivity contribution is 6.58. The summed E-state index contributed by atoms with van der Waals surface area (Å²) in [7, 11) is -1.83. The molecule has 1 aromatic carbocycles. The molecular formula is C14H21BFNO4. The number of anilines is 1. The molecule has 1 aromatic rings. The topological polar surface area (TPSA) is 78.8 Å². The Labute approximate surface area is 124 Å². The lowest BCUT2D eigenvalue weighted by Crippen LogP contribution is -2.32. The van der Waals surface area contributed by atoms with Crippen LogP contribution in [0.4, 0.5) is 10.1 Å². The van der Waals surface area contributed by atoms with Crippen molar-refractivity contribution in [1.82, 2.24) is 0 Å². The molecule has 0 atom stereocenters. The summed E-state index contributed by atoms with van der Waals surface area (Å²) >= 11 is 0. The van der Waals surface area contributed by atoms with Crippen LogP contribution in [-0.4, -0.2) is 35.3 Å². The molecule has 0 heterocycles. The van der Waals surface area contributed by atoms with E-state index in [2.05, 4.69) is 5.32 Å². The lowest BCUT2D eigenvalue weighted by molar-refractivity contribution is -0.154. The van der Waals surface area contributed by atoms with Crippen molar-refractivity contribution in [1.29, 1.82) is 0 Å². The molecule has 116 valence electrons. The third-order valence-corrected chi connectivity index (χ3v) is 2.59. The molecule has 0 aliphatic carbocycles. The quantitative estimate of drug-likeness (QED) is 0.415. The van der Waals surface area contributed by atoms with Crippen LogP contribution in [0.2, 0.25) is 0 Å². The molecule has 21 heavy (non-hydrogen) atoms. The summed E-state index contributed by atoms with van der Waals surface area (Å²) in [6.07, 6.45) is 0.834. The Kier molecular flexibility index (Phi) is 6.17. The molecule has 0 amide bonds. The van der Waals surface area contributed by atoms with Gasteiger partial charge in [0.2, 0.25) is 0 Å². The van der Waals surface area contributed by atoms with Crippen molar-refractivity contribution in [3.05, 3.63) is 24.0 Å². The zero-order valence-electron chi connectivity index (χ0n) is 12.5. The van der Waals surface area contributed by atoms with Gasteiger partial charge < -0.3 is 20.1 Å². The van der Waals surface area contributed by atoms with Crippen LogP contribution >= 0.6 is 0 Å². The van der Waals surface area contributed by atoms with Gasteiger partial charge in [0, 0.05) is 24.1 Å². The van der Waals surface area contributed by atoms with Gasteiger partial charge in [-0.1, -0.05) is 6.07 Å². The van der Waals surface area contributed by atoms with Crippen molar-refractivity contribution in [3.8, 4) is 0 Å². The second-order valence-corrected chi connectivity index (χ2v) is 5.73. The molecule has 0 saturated heterocycles. The monoisotopic (exact) mass is 297 g/mol. The highest BCUT2D eigenvalue weighted by atomic mass is 19.1. The summed E-state index contributed by atoms with van der Waals surface area (Å²) in [5.41, 5.74) is -0.149. The minimum atomic E-state index is -1.83. The number of rotatable bonds is 6. The van der Waals surface area contributed by atoms with Crippen molar-refractivity contribution >= 4 is 24.2 Å². The van der Waals surface area contributed by atoms with Gasteiger partial charge in [-0.05, 0) is 39.3 Å². The standard InChI is InChI=1S/C14H21BFNO4/c1-14(2,3)21-13(18)5-4-8-17-10-6-7-11(15(19)20)12(16)9-10/h6-7,9,17,19-20H,4-5,8H2,1-3H3. The first-order valence-corrected chi connectivity index (χ1v) is 6.80. The van der Waals surface area contributed by atoms with E-state index in [9.17, 15) is 9.18 Å². The van der Waals surface area contributed by atoms with Gasteiger partial charge in [0.25, 0.3) is 0 Å². The fourth-order valence-corrected chi connectivity index (χ4v) is 1.70. The second-order valence-electron chi connectivity index (χ2n) is 5.73. The van der Waals surface area contributed by atoms with E-state index in [0.717, 1.165) is 0 Å². The van der Waals surface area contributed by atoms with Crippen LogP contribution in [0.25, 0.3) is 0 Å². The largest absolute Gasteiger partial charge is 0.491 e. The van der Waals surface area contributed by atoms with Crippen LogP contribution in [0.3, 0.4) is 0 Å². The molecule has 0 aliphatic heterocycles. The maximum atomic E-state index is 13.5. The smallest absolute Gasteiger partial charge is 0.460 e. The third-order valence-electron chi connectivity index (χ3n) is 2.59. The lowest BCUT2D eigenvalue weighted by atomic mass is 9.80. The average molecular weight is 297 g/mol. The summed E-state index contributed by atoms with van der Waals surface area (Å²) in [4.78, 5) is 11.5. The number of carbonyl (C=O) groups excluding carboxylic acids is 1. The molecule has 0 spiro atoms. The van der Waals surface area contributed by atoms with Crippen LogP contribution in [0.5, 0.6) is 0 Å². The van der Waals surface area contributed by atoms with Crippen LogP contribution in [-0.2, 0) is 9.53 Å². The average Bonchev–Trinajstić information content (AvgIpc) is 2.32. The van der Waals surface area contributed by atoms with E-state index in [0.29, 0.717) is 18.7 Å². The van der Waals surface area contributed by atoms with E-state index in [1.54, 1.807) is 6.07 Å². The van der Waals surface area contributed by atoms with E-state index >= 15 is 0 Å². The van der Waals surface area contributed by atoms with E-state index < -0.39 is 18.5 Å². The van der Waals surface area contributed by atoms with Crippen molar-refractivity contribution in [2.24, 2.45) is 0 Å². The third kappa shape index (κ3) is 6.60. The molecule has 0 saturated carbocycles. The fourth-order valence-electron chi connectivity index (χ4n) is 1.70. The van der Waals surface area contributed by atoms with Crippen molar-refractivity contribution in [3.63, 3.8) is 0 Å². The highest BCUT2D eigenvalue weighted by Crippen LogP contribution is 2.11. The van der Waals surface area contributed by atoms with E-state index in [1.165, 1.54) is 12.1 Å². The molecule has 0 radical (unpaired) electrons. The Balaban J connectivity index is 2.37.